The first-order chi connectivity index (χ1) is 6.74. The summed E-state index contributed by atoms with van der Waals surface area (Å²) >= 11 is 0. The Balaban J connectivity index is 2.86. The molecule has 0 aliphatic carbocycles. The van der Waals surface area contributed by atoms with Crippen LogP contribution in [0.25, 0.3) is 5.52 Å². The lowest BCUT2D eigenvalue weighted by atomic mass is 10.2. The van der Waals surface area contributed by atoms with Gasteiger partial charge in [0.15, 0.2) is 6.29 Å². The fourth-order valence-electron chi connectivity index (χ4n) is 1.44. The molecular formula is C10H7NO3. The monoisotopic (exact) mass is 189 g/mol. The van der Waals surface area contributed by atoms with Gasteiger partial charge < -0.3 is 9.51 Å². The third-order valence-corrected chi connectivity index (χ3v) is 2.06. The molecule has 2 heterocycles. The molecular weight excluding hydrogens is 182 g/mol. The lowest BCUT2D eigenvalue weighted by Gasteiger charge is -1.95. The Labute approximate surface area is 79.4 Å². The number of carbonyl (C=O) groups excluding carboxylic acids is 1. The molecule has 0 unspecified atom stereocenters. The second kappa shape index (κ2) is 2.99. The molecule has 2 aromatic heterocycles. The first-order valence-corrected chi connectivity index (χ1v) is 4.02. The topological polar surface area (TPSA) is 58.8 Å². The number of nitrogens with zero attached hydrogens (tertiary/aromatic N) is 1. The summed E-state index contributed by atoms with van der Waals surface area (Å²) in [6.07, 6.45) is 2.30. The van der Waals surface area contributed by atoms with Gasteiger partial charge >= 0.3 is 5.97 Å². The standard InChI is InChI=1S/C10H7NO3/c12-6-7-5-8(10(13)14)9-3-1-2-4-11(7)9/h1-6H,(H,13,14). The number of pyridine rings is 1. The number of aldehydes is 1. The van der Waals surface area contributed by atoms with Crippen molar-refractivity contribution in [3.05, 3.63) is 41.7 Å². The molecule has 0 saturated carbocycles. The van der Waals surface area contributed by atoms with E-state index in [0.29, 0.717) is 17.5 Å². The molecule has 0 aromatic carbocycles. The van der Waals surface area contributed by atoms with Gasteiger partial charge in [0.25, 0.3) is 0 Å². The number of hydrogen-bond donors (Lipinski definition) is 1. The van der Waals surface area contributed by atoms with Crippen molar-refractivity contribution in [3.63, 3.8) is 0 Å². The SMILES string of the molecule is O=Cc1cc(C(=O)O)c2ccccn12. The van der Waals surface area contributed by atoms with Crippen LogP contribution in [-0.2, 0) is 0 Å². The third-order valence-electron chi connectivity index (χ3n) is 2.06. The number of carboxylic acids is 1. The van der Waals surface area contributed by atoms with Gasteiger partial charge in [0.1, 0.15) is 0 Å². The van der Waals surface area contributed by atoms with Gasteiger partial charge in [-0.3, -0.25) is 4.79 Å². The Morgan fingerprint density at radius 2 is 2.21 bits per heavy atom. The zero-order valence-corrected chi connectivity index (χ0v) is 7.18. The van der Waals surface area contributed by atoms with E-state index in [4.69, 9.17) is 5.11 Å². The average Bonchev–Trinajstić information content (AvgIpc) is 2.56. The Hall–Kier alpha value is -2.10. The van der Waals surface area contributed by atoms with Crippen molar-refractivity contribution in [2.45, 2.75) is 0 Å². The summed E-state index contributed by atoms with van der Waals surface area (Å²) in [5, 5.41) is 8.86. The van der Waals surface area contributed by atoms with Gasteiger partial charge in [-0.1, -0.05) is 6.07 Å². The zero-order valence-electron chi connectivity index (χ0n) is 7.18. The van der Waals surface area contributed by atoms with Crippen molar-refractivity contribution in [3.8, 4) is 0 Å². The molecule has 0 atom stereocenters. The number of carbonyl (C=O) groups is 2. The largest absolute Gasteiger partial charge is 0.478 e. The summed E-state index contributed by atoms with van der Waals surface area (Å²) in [5.74, 6) is -1.03. The molecule has 0 saturated heterocycles. The summed E-state index contributed by atoms with van der Waals surface area (Å²) in [7, 11) is 0. The Bertz CT molecular complexity index is 513. The normalized spacial score (nSPS) is 10.3. The quantitative estimate of drug-likeness (QED) is 0.727. The minimum absolute atomic E-state index is 0.146. The molecule has 70 valence electrons. The van der Waals surface area contributed by atoms with Crippen molar-refractivity contribution >= 4 is 17.8 Å². The molecule has 0 radical (unpaired) electrons. The minimum Gasteiger partial charge on any atom is -0.478 e. The zero-order chi connectivity index (χ0) is 10.1. The van der Waals surface area contributed by atoms with E-state index in [9.17, 15) is 9.59 Å². The summed E-state index contributed by atoms with van der Waals surface area (Å²) < 4.78 is 1.55. The van der Waals surface area contributed by atoms with Crippen molar-refractivity contribution in [1.82, 2.24) is 4.40 Å². The van der Waals surface area contributed by atoms with Crippen LogP contribution >= 0.6 is 0 Å². The molecule has 4 nitrogen and oxygen atoms in total. The maximum Gasteiger partial charge on any atom is 0.337 e. The molecule has 0 amide bonds. The van der Waals surface area contributed by atoms with E-state index in [2.05, 4.69) is 0 Å². The fourth-order valence-corrected chi connectivity index (χ4v) is 1.44. The first kappa shape index (κ1) is 8.50. The molecule has 0 bridgehead atoms. The van der Waals surface area contributed by atoms with Crippen LogP contribution in [0.15, 0.2) is 30.5 Å². The third kappa shape index (κ3) is 1.08. The predicted molar refractivity (Wildman–Crippen MR) is 49.7 cm³/mol. The Kier molecular flexibility index (Phi) is 1.81. The molecule has 0 fully saturated rings. The van der Waals surface area contributed by atoms with Crippen molar-refractivity contribution in [2.75, 3.05) is 0 Å². The maximum atomic E-state index is 10.8. The van der Waals surface area contributed by atoms with Gasteiger partial charge in [-0.2, -0.15) is 0 Å². The van der Waals surface area contributed by atoms with Crippen LogP contribution in [0.2, 0.25) is 0 Å². The second-order valence-electron chi connectivity index (χ2n) is 2.86. The van der Waals surface area contributed by atoms with Crippen LogP contribution in [-0.4, -0.2) is 21.8 Å². The van der Waals surface area contributed by atoms with Gasteiger partial charge in [-0.25, -0.2) is 4.79 Å². The van der Waals surface area contributed by atoms with Crippen LogP contribution in [0.1, 0.15) is 20.8 Å². The van der Waals surface area contributed by atoms with E-state index in [1.165, 1.54) is 6.07 Å². The van der Waals surface area contributed by atoms with E-state index in [1.54, 1.807) is 28.8 Å². The van der Waals surface area contributed by atoms with E-state index in [-0.39, 0.29) is 5.56 Å². The highest BCUT2D eigenvalue weighted by molar-refractivity contribution is 5.98. The smallest absolute Gasteiger partial charge is 0.337 e. The highest BCUT2D eigenvalue weighted by Gasteiger charge is 2.12. The molecule has 0 aliphatic heterocycles. The van der Waals surface area contributed by atoms with Crippen LogP contribution in [0.4, 0.5) is 0 Å². The lowest BCUT2D eigenvalue weighted by Crippen LogP contribution is -1.94. The summed E-state index contributed by atoms with van der Waals surface area (Å²) in [6.45, 7) is 0. The second-order valence-corrected chi connectivity index (χ2v) is 2.86. The summed E-state index contributed by atoms with van der Waals surface area (Å²) in [5.41, 5.74) is 1.02. The van der Waals surface area contributed by atoms with E-state index < -0.39 is 5.97 Å². The van der Waals surface area contributed by atoms with Gasteiger partial charge in [0.2, 0.25) is 0 Å². The summed E-state index contributed by atoms with van der Waals surface area (Å²) in [6, 6.07) is 6.50. The molecule has 2 aromatic rings. The Morgan fingerprint density at radius 1 is 1.43 bits per heavy atom. The van der Waals surface area contributed by atoms with Crippen molar-refractivity contribution < 1.29 is 14.7 Å². The minimum atomic E-state index is -1.03. The van der Waals surface area contributed by atoms with E-state index >= 15 is 0 Å². The number of fused-ring (bicyclic) bond motifs is 1. The highest BCUT2D eigenvalue weighted by atomic mass is 16.4. The van der Waals surface area contributed by atoms with E-state index in [1.807, 2.05) is 0 Å². The number of aromatic carboxylic acids is 1. The van der Waals surface area contributed by atoms with E-state index in [0.717, 1.165) is 0 Å². The molecule has 14 heavy (non-hydrogen) atoms. The molecule has 0 spiro atoms. The molecule has 0 aliphatic rings. The fraction of sp³-hybridized carbons (Fsp3) is 0. The van der Waals surface area contributed by atoms with Crippen LogP contribution in [0.5, 0.6) is 0 Å². The van der Waals surface area contributed by atoms with Gasteiger partial charge in [0.05, 0.1) is 16.8 Å². The Morgan fingerprint density at radius 3 is 2.86 bits per heavy atom. The number of hydrogen-bond acceptors (Lipinski definition) is 2. The van der Waals surface area contributed by atoms with Crippen LogP contribution in [0, 0.1) is 0 Å². The number of carboxylic acid groups (broad SMARTS) is 1. The van der Waals surface area contributed by atoms with Crippen LogP contribution < -0.4 is 0 Å². The first-order valence-electron chi connectivity index (χ1n) is 4.02. The molecule has 4 heteroatoms. The van der Waals surface area contributed by atoms with Gasteiger partial charge in [-0.05, 0) is 18.2 Å². The van der Waals surface area contributed by atoms with Crippen LogP contribution in [0.3, 0.4) is 0 Å². The van der Waals surface area contributed by atoms with Gasteiger partial charge in [-0.15, -0.1) is 0 Å². The molecule has 1 N–H and O–H groups in total. The van der Waals surface area contributed by atoms with Gasteiger partial charge in [0, 0.05) is 6.20 Å². The molecule has 2 rings (SSSR count). The lowest BCUT2D eigenvalue weighted by molar-refractivity contribution is 0.0699. The predicted octanol–water partition coefficient (Wildman–Crippen LogP) is 1.45. The average molecular weight is 189 g/mol. The number of aromatic nitrogens is 1. The maximum absolute atomic E-state index is 10.8. The number of rotatable bonds is 2. The van der Waals surface area contributed by atoms with Crippen molar-refractivity contribution in [1.29, 1.82) is 0 Å². The van der Waals surface area contributed by atoms with Crippen molar-refractivity contribution in [2.24, 2.45) is 0 Å². The summed E-state index contributed by atoms with van der Waals surface area (Å²) in [4.78, 5) is 21.5. The highest BCUT2D eigenvalue weighted by Crippen LogP contribution is 2.15.